The van der Waals surface area contributed by atoms with Crippen LogP contribution in [0.5, 0.6) is 0 Å². The molecule has 3 nitrogen and oxygen atoms in total. The molecule has 2 N–H and O–H groups in total. The Labute approximate surface area is 123 Å². The van der Waals surface area contributed by atoms with Gasteiger partial charge in [-0.05, 0) is 37.7 Å². The van der Waals surface area contributed by atoms with Crippen molar-refractivity contribution < 1.29 is 0 Å². The first-order chi connectivity index (χ1) is 9.29. The Morgan fingerprint density at radius 3 is 2.30 bits per heavy atom. The topological polar surface area (TPSA) is 32.5 Å². The van der Waals surface area contributed by atoms with E-state index in [1.807, 2.05) is 12.1 Å². The number of hydrogen-bond acceptors (Lipinski definition) is 3. The molecule has 1 saturated heterocycles. The molecule has 0 amide bonds. The number of anilines is 1. The van der Waals surface area contributed by atoms with Gasteiger partial charge in [-0.2, -0.15) is 0 Å². The number of nitrogens with zero attached hydrogens (tertiary/aromatic N) is 2. The van der Waals surface area contributed by atoms with Crippen LogP contribution in [0.4, 0.5) is 5.69 Å². The maximum atomic E-state index is 5.79. The van der Waals surface area contributed by atoms with Gasteiger partial charge in [0.15, 0.2) is 0 Å². The molecule has 1 aliphatic rings. The van der Waals surface area contributed by atoms with Crippen molar-refractivity contribution in [2.45, 2.75) is 32.2 Å². The number of likely N-dealkylation sites (N-methyl/N-ethyl adjacent to an activating group) is 1. The summed E-state index contributed by atoms with van der Waals surface area (Å²) in [6.45, 7) is 10.5. The largest absolute Gasteiger partial charge is 0.399 e. The Balaban J connectivity index is 2.04. The number of benzene rings is 1. The first kappa shape index (κ1) is 15.3. The molecule has 0 aromatic heterocycles. The minimum absolute atomic E-state index is 0.161. The minimum Gasteiger partial charge on any atom is -0.399 e. The molecule has 0 saturated carbocycles. The van der Waals surface area contributed by atoms with Crippen LogP contribution in [-0.4, -0.2) is 49.6 Å². The van der Waals surface area contributed by atoms with Crippen molar-refractivity contribution in [3.8, 4) is 0 Å². The zero-order valence-corrected chi connectivity index (χ0v) is 13.6. The van der Waals surface area contributed by atoms with Crippen LogP contribution in [0.1, 0.15) is 26.3 Å². The van der Waals surface area contributed by atoms with Crippen LogP contribution in [0.25, 0.3) is 0 Å². The number of likely N-dealkylation sites (tertiary alicyclic amines) is 1. The summed E-state index contributed by atoms with van der Waals surface area (Å²) in [5.41, 5.74) is 8.16. The summed E-state index contributed by atoms with van der Waals surface area (Å²) in [5, 5.41) is 0. The average molecular weight is 275 g/mol. The Bertz CT molecular complexity index is 436. The van der Waals surface area contributed by atoms with Crippen molar-refractivity contribution in [3.05, 3.63) is 29.8 Å². The molecular formula is C17H29N3. The molecule has 0 aliphatic carbocycles. The lowest BCUT2D eigenvalue weighted by molar-refractivity contribution is 0.233. The van der Waals surface area contributed by atoms with Crippen molar-refractivity contribution in [3.63, 3.8) is 0 Å². The van der Waals surface area contributed by atoms with Gasteiger partial charge in [0.25, 0.3) is 0 Å². The Hall–Kier alpha value is -1.06. The molecule has 112 valence electrons. The van der Waals surface area contributed by atoms with E-state index in [1.54, 1.807) is 0 Å². The molecule has 0 radical (unpaired) electrons. The molecule has 1 fully saturated rings. The van der Waals surface area contributed by atoms with Gasteiger partial charge in [0, 0.05) is 36.8 Å². The third-order valence-corrected chi connectivity index (χ3v) is 4.62. The van der Waals surface area contributed by atoms with E-state index >= 15 is 0 Å². The standard InChI is InChI=1S/C17H29N3/c1-13-10-20(11-16(13)19(4)5)12-17(2,3)14-6-8-15(18)9-7-14/h6-9,13,16H,10-12,18H2,1-5H3. The van der Waals surface area contributed by atoms with E-state index in [4.69, 9.17) is 5.73 Å². The highest BCUT2D eigenvalue weighted by Crippen LogP contribution is 2.28. The lowest BCUT2D eigenvalue weighted by Gasteiger charge is -2.31. The van der Waals surface area contributed by atoms with Gasteiger partial charge >= 0.3 is 0 Å². The molecule has 2 rings (SSSR count). The normalized spacial score (nSPS) is 24.5. The Kier molecular flexibility index (Phi) is 4.40. The van der Waals surface area contributed by atoms with Crippen LogP contribution in [0.2, 0.25) is 0 Å². The van der Waals surface area contributed by atoms with E-state index in [9.17, 15) is 0 Å². The number of hydrogen-bond donors (Lipinski definition) is 1. The summed E-state index contributed by atoms with van der Waals surface area (Å²) < 4.78 is 0. The fourth-order valence-electron chi connectivity index (χ4n) is 3.43. The summed E-state index contributed by atoms with van der Waals surface area (Å²) in [5.74, 6) is 0.743. The minimum atomic E-state index is 0.161. The quantitative estimate of drug-likeness (QED) is 0.857. The maximum Gasteiger partial charge on any atom is 0.0314 e. The lowest BCUT2D eigenvalue weighted by Crippen LogP contribution is -2.38. The fourth-order valence-corrected chi connectivity index (χ4v) is 3.43. The predicted molar refractivity (Wildman–Crippen MR) is 87.0 cm³/mol. The zero-order valence-electron chi connectivity index (χ0n) is 13.6. The summed E-state index contributed by atoms with van der Waals surface area (Å²) >= 11 is 0. The summed E-state index contributed by atoms with van der Waals surface area (Å²) in [6.07, 6.45) is 0. The molecule has 2 atom stereocenters. The van der Waals surface area contributed by atoms with Crippen molar-refractivity contribution in [1.29, 1.82) is 0 Å². The van der Waals surface area contributed by atoms with Crippen molar-refractivity contribution in [1.82, 2.24) is 9.80 Å². The third kappa shape index (κ3) is 3.33. The van der Waals surface area contributed by atoms with Gasteiger partial charge in [-0.15, -0.1) is 0 Å². The second kappa shape index (κ2) is 5.74. The van der Waals surface area contributed by atoms with Crippen LogP contribution in [0, 0.1) is 5.92 Å². The van der Waals surface area contributed by atoms with Crippen LogP contribution in [0.3, 0.4) is 0 Å². The van der Waals surface area contributed by atoms with Gasteiger partial charge in [-0.25, -0.2) is 0 Å². The maximum absolute atomic E-state index is 5.79. The highest BCUT2D eigenvalue weighted by Gasteiger charge is 2.34. The molecule has 0 bridgehead atoms. The molecular weight excluding hydrogens is 246 g/mol. The molecule has 1 heterocycles. The van der Waals surface area contributed by atoms with Crippen molar-refractivity contribution in [2.24, 2.45) is 5.92 Å². The average Bonchev–Trinajstić information content (AvgIpc) is 2.70. The second-order valence-corrected chi connectivity index (χ2v) is 7.21. The molecule has 20 heavy (non-hydrogen) atoms. The van der Waals surface area contributed by atoms with Crippen LogP contribution < -0.4 is 5.73 Å². The SMILES string of the molecule is CC1CN(CC(C)(C)c2ccc(N)cc2)CC1N(C)C. The summed E-state index contributed by atoms with van der Waals surface area (Å²) in [7, 11) is 4.38. The van der Waals surface area contributed by atoms with Gasteiger partial charge in [0.05, 0.1) is 0 Å². The first-order valence-corrected chi connectivity index (χ1v) is 7.54. The van der Waals surface area contributed by atoms with Gasteiger partial charge in [-0.3, -0.25) is 0 Å². The van der Waals surface area contributed by atoms with E-state index in [0.29, 0.717) is 6.04 Å². The van der Waals surface area contributed by atoms with Crippen LogP contribution in [0.15, 0.2) is 24.3 Å². The molecule has 1 aromatic rings. The number of rotatable bonds is 4. The smallest absolute Gasteiger partial charge is 0.0314 e. The van der Waals surface area contributed by atoms with Gasteiger partial charge in [-0.1, -0.05) is 32.9 Å². The first-order valence-electron chi connectivity index (χ1n) is 7.54. The Morgan fingerprint density at radius 2 is 1.80 bits per heavy atom. The molecule has 2 unspecified atom stereocenters. The van der Waals surface area contributed by atoms with E-state index in [2.05, 4.69) is 56.8 Å². The Morgan fingerprint density at radius 1 is 1.20 bits per heavy atom. The monoisotopic (exact) mass is 275 g/mol. The zero-order chi connectivity index (χ0) is 14.9. The van der Waals surface area contributed by atoms with Gasteiger partial charge in [0.2, 0.25) is 0 Å². The molecule has 3 heteroatoms. The molecule has 1 aliphatic heterocycles. The fraction of sp³-hybridized carbons (Fsp3) is 0.647. The van der Waals surface area contributed by atoms with E-state index in [-0.39, 0.29) is 5.41 Å². The van der Waals surface area contributed by atoms with Crippen molar-refractivity contribution >= 4 is 5.69 Å². The van der Waals surface area contributed by atoms with E-state index in [0.717, 1.165) is 18.2 Å². The van der Waals surface area contributed by atoms with E-state index < -0.39 is 0 Å². The third-order valence-electron chi connectivity index (χ3n) is 4.62. The van der Waals surface area contributed by atoms with E-state index in [1.165, 1.54) is 18.7 Å². The number of nitrogen functional groups attached to an aromatic ring is 1. The predicted octanol–water partition coefficient (Wildman–Crippen LogP) is 2.43. The highest BCUT2D eigenvalue weighted by atomic mass is 15.2. The van der Waals surface area contributed by atoms with Gasteiger partial charge < -0.3 is 15.5 Å². The lowest BCUT2D eigenvalue weighted by atomic mass is 9.84. The summed E-state index contributed by atoms with van der Waals surface area (Å²) in [6, 6.07) is 9.02. The van der Waals surface area contributed by atoms with Crippen LogP contribution in [-0.2, 0) is 5.41 Å². The summed E-state index contributed by atoms with van der Waals surface area (Å²) in [4.78, 5) is 4.96. The van der Waals surface area contributed by atoms with Crippen LogP contribution >= 0.6 is 0 Å². The number of nitrogens with two attached hydrogens (primary N) is 1. The molecule has 0 spiro atoms. The van der Waals surface area contributed by atoms with Crippen molar-refractivity contribution in [2.75, 3.05) is 39.5 Å². The second-order valence-electron chi connectivity index (χ2n) is 7.21. The molecule has 1 aromatic carbocycles. The van der Waals surface area contributed by atoms with Gasteiger partial charge in [0.1, 0.15) is 0 Å². The highest BCUT2D eigenvalue weighted by molar-refractivity contribution is 5.41.